The maximum Gasteiger partial charge on any atom is 0.224 e. The van der Waals surface area contributed by atoms with Crippen molar-refractivity contribution in [3.8, 4) is 5.69 Å². The molecule has 2 aromatic rings. The normalized spacial score (nSPS) is 16.7. The number of hydrogen-bond acceptors (Lipinski definition) is 3. The minimum atomic E-state index is 0.0311. The largest absolute Gasteiger partial charge is 0.352 e. The molecule has 3 rings (SSSR count). The van der Waals surface area contributed by atoms with Crippen LogP contribution < -0.4 is 11.1 Å². The Kier molecular flexibility index (Phi) is 5.64. The first-order valence-electron chi connectivity index (χ1n) is 8.84. The Balaban J connectivity index is 1.57. The second-order valence-electron chi connectivity index (χ2n) is 6.61. The predicted molar refractivity (Wildman–Crippen MR) is 94.8 cm³/mol. The van der Waals surface area contributed by atoms with E-state index in [1.165, 1.54) is 32.1 Å². The Morgan fingerprint density at radius 1 is 1.25 bits per heavy atom. The highest BCUT2D eigenvalue weighted by molar-refractivity contribution is 5.78. The van der Waals surface area contributed by atoms with Crippen LogP contribution in [0.5, 0.6) is 0 Å². The quantitative estimate of drug-likeness (QED) is 0.856. The lowest BCUT2D eigenvalue weighted by molar-refractivity contribution is -0.121. The Labute approximate surface area is 143 Å². The average Bonchev–Trinajstić information content (AvgIpc) is 3.09. The lowest BCUT2D eigenvalue weighted by Gasteiger charge is -2.30. The molecule has 1 aliphatic rings. The smallest absolute Gasteiger partial charge is 0.224 e. The van der Waals surface area contributed by atoms with Gasteiger partial charge < -0.3 is 11.1 Å². The molecule has 0 aliphatic heterocycles. The van der Waals surface area contributed by atoms with Crippen LogP contribution in [0, 0.1) is 5.92 Å². The SMILES string of the molecule is NCC(NC(=O)Cc1cnn(-c2ccccc2)c1)C1CCCCC1. The Bertz CT molecular complexity index is 646. The van der Waals surface area contributed by atoms with Gasteiger partial charge in [0.15, 0.2) is 0 Å². The molecule has 1 unspecified atom stereocenters. The summed E-state index contributed by atoms with van der Waals surface area (Å²) in [5.41, 5.74) is 7.80. The van der Waals surface area contributed by atoms with Crippen molar-refractivity contribution >= 4 is 5.91 Å². The lowest BCUT2D eigenvalue weighted by Crippen LogP contribution is -2.46. The molecule has 0 radical (unpaired) electrons. The van der Waals surface area contributed by atoms with Gasteiger partial charge in [-0.25, -0.2) is 4.68 Å². The summed E-state index contributed by atoms with van der Waals surface area (Å²) in [6.07, 6.45) is 10.2. The third-order valence-corrected chi connectivity index (χ3v) is 4.84. The van der Waals surface area contributed by atoms with Crippen molar-refractivity contribution in [1.29, 1.82) is 0 Å². The molecule has 1 heterocycles. The van der Waals surface area contributed by atoms with E-state index in [-0.39, 0.29) is 11.9 Å². The second kappa shape index (κ2) is 8.11. The number of amides is 1. The summed E-state index contributed by atoms with van der Waals surface area (Å²) in [4.78, 5) is 12.4. The molecule has 5 heteroatoms. The van der Waals surface area contributed by atoms with Crippen LogP contribution in [0.25, 0.3) is 5.69 Å². The van der Waals surface area contributed by atoms with Crippen LogP contribution in [-0.4, -0.2) is 28.3 Å². The van der Waals surface area contributed by atoms with Crippen molar-refractivity contribution in [3.63, 3.8) is 0 Å². The van der Waals surface area contributed by atoms with Gasteiger partial charge in [-0.2, -0.15) is 5.10 Å². The number of para-hydroxylation sites is 1. The van der Waals surface area contributed by atoms with E-state index in [1.807, 2.05) is 36.5 Å². The fourth-order valence-corrected chi connectivity index (χ4v) is 3.52. The number of hydrogen-bond donors (Lipinski definition) is 2. The van der Waals surface area contributed by atoms with E-state index < -0.39 is 0 Å². The topological polar surface area (TPSA) is 72.9 Å². The summed E-state index contributed by atoms with van der Waals surface area (Å²) in [5.74, 6) is 0.559. The van der Waals surface area contributed by atoms with Gasteiger partial charge in [-0.1, -0.05) is 37.5 Å². The van der Waals surface area contributed by atoms with E-state index in [4.69, 9.17) is 5.73 Å². The van der Waals surface area contributed by atoms with Crippen LogP contribution >= 0.6 is 0 Å². The van der Waals surface area contributed by atoms with Crippen LogP contribution in [0.1, 0.15) is 37.7 Å². The van der Waals surface area contributed by atoms with Crippen molar-refractivity contribution < 1.29 is 4.79 Å². The van der Waals surface area contributed by atoms with Crippen molar-refractivity contribution in [2.24, 2.45) is 11.7 Å². The lowest BCUT2D eigenvalue weighted by atomic mass is 9.84. The van der Waals surface area contributed by atoms with E-state index in [9.17, 15) is 4.79 Å². The van der Waals surface area contributed by atoms with E-state index >= 15 is 0 Å². The van der Waals surface area contributed by atoms with Crippen LogP contribution in [0.15, 0.2) is 42.7 Å². The fourth-order valence-electron chi connectivity index (χ4n) is 3.52. The van der Waals surface area contributed by atoms with Crippen molar-refractivity contribution in [2.75, 3.05) is 6.54 Å². The highest BCUT2D eigenvalue weighted by Crippen LogP contribution is 2.26. The van der Waals surface area contributed by atoms with Crippen LogP contribution in [0.2, 0.25) is 0 Å². The highest BCUT2D eigenvalue weighted by Gasteiger charge is 2.24. The first kappa shape index (κ1) is 16.7. The van der Waals surface area contributed by atoms with Crippen LogP contribution in [-0.2, 0) is 11.2 Å². The molecule has 0 bridgehead atoms. The Morgan fingerprint density at radius 2 is 2.00 bits per heavy atom. The zero-order valence-electron chi connectivity index (χ0n) is 14.0. The minimum absolute atomic E-state index is 0.0311. The van der Waals surface area contributed by atoms with E-state index in [2.05, 4.69) is 10.4 Å². The van der Waals surface area contributed by atoms with Crippen LogP contribution in [0.3, 0.4) is 0 Å². The average molecular weight is 326 g/mol. The first-order chi connectivity index (χ1) is 11.8. The minimum Gasteiger partial charge on any atom is -0.352 e. The molecule has 128 valence electrons. The zero-order chi connectivity index (χ0) is 16.8. The Morgan fingerprint density at radius 3 is 2.71 bits per heavy atom. The number of aromatic nitrogens is 2. The molecular weight excluding hydrogens is 300 g/mol. The number of carbonyl (C=O) groups excluding carboxylic acids is 1. The molecule has 0 spiro atoms. The molecule has 3 N–H and O–H groups in total. The maximum absolute atomic E-state index is 12.4. The molecule has 1 amide bonds. The third-order valence-electron chi connectivity index (χ3n) is 4.84. The molecule has 24 heavy (non-hydrogen) atoms. The number of nitrogens with one attached hydrogen (secondary N) is 1. The summed E-state index contributed by atoms with van der Waals surface area (Å²) in [7, 11) is 0. The standard InChI is InChI=1S/C19H26N4O/c20-12-18(16-7-3-1-4-8-16)22-19(24)11-15-13-21-23(14-15)17-9-5-2-6-10-17/h2,5-6,9-10,13-14,16,18H,1,3-4,7-8,11-12,20H2,(H,22,24). The summed E-state index contributed by atoms with van der Waals surface area (Å²) in [5, 5.41) is 7.47. The van der Waals surface area contributed by atoms with Crippen molar-refractivity contribution in [2.45, 2.75) is 44.6 Å². The third kappa shape index (κ3) is 4.23. The molecule has 1 aromatic carbocycles. The van der Waals surface area contributed by atoms with Crippen LogP contribution in [0.4, 0.5) is 0 Å². The van der Waals surface area contributed by atoms with Gasteiger partial charge in [-0.05, 0) is 36.5 Å². The van der Waals surface area contributed by atoms with Gasteiger partial charge >= 0.3 is 0 Å². The maximum atomic E-state index is 12.4. The summed E-state index contributed by atoms with van der Waals surface area (Å²) in [6, 6.07) is 10.00. The highest BCUT2D eigenvalue weighted by atomic mass is 16.1. The summed E-state index contributed by atoms with van der Waals surface area (Å²) >= 11 is 0. The Hall–Kier alpha value is -2.14. The predicted octanol–water partition coefficient (Wildman–Crippen LogP) is 2.44. The monoisotopic (exact) mass is 326 g/mol. The molecule has 1 aromatic heterocycles. The number of nitrogens with zero attached hydrogens (tertiary/aromatic N) is 2. The van der Waals surface area contributed by atoms with Gasteiger partial charge in [0.1, 0.15) is 0 Å². The molecule has 1 aliphatic carbocycles. The number of carbonyl (C=O) groups is 1. The van der Waals surface area contributed by atoms with Crippen molar-refractivity contribution in [3.05, 3.63) is 48.3 Å². The van der Waals surface area contributed by atoms with Gasteiger partial charge in [0.2, 0.25) is 5.91 Å². The van der Waals surface area contributed by atoms with E-state index in [0.717, 1.165) is 11.3 Å². The summed E-state index contributed by atoms with van der Waals surface area (Å²) in [6.45, 7) is 0.514. The summed E-state index contributed by atoms with van der Waals surface area (Å²) < 4.78 is 1.80. The fraction of sp³-hybridized carbons (Fsp3) is 0.474. The molecule has 1 saturated carbocycles. The molecule has 5 nitrogen and oxygen atoms in total. The van der Waals surface area contributed by atoms with E-state index in [1.54, 1.807) is 10.9 Å². The molecule has 1 atom stereocenters. The van der Waals surface area contributed by atoms with Gasteiger partial charge in [0.25, 0.3) is 0 Å². The number of benzene rings is 1. The first-order valence-corrected chi connectivity index (χ1v) is 8.84. The van der Waals surface area contributed by atoms with Gasteiger partial charge in [0.05, 0.1) is 18.3 Å². The van der Waals surface area contributed by atoms with Crippen molar-refractivity contribution in [1.82, 2.24) is 15.1 Å². The number of nitrogens with two attached hydrogens (primary N) is 1. The zero-order valence-corrected chi connectivity index (χ0v) is 14.0. The van der Waals surface area contributed by atoms with E-state index in [0.29, 0.717) is 18.9 Å². The molecular formula is C19H26N4O. The van der Waals surface area contributed by atoms with Gasteiger partial charge in [0, 0.05) is 18.8 Å². The van der Waals surface area contributed by atoms with Gasteiger partial charge in [-0.15, -0.1) is 0 Å². The van der Waals surface area contributed by atoms with Gasteiger partial charge in [-0.3, -0.25) is 4.79 Å². The second-order valence-corrected chi connectivity index (χ2v) is 6.61. The number of rotatable bonds is 6. The molecule has 0 saturated heterocycles. The molecule has 1 fully saturated rings.